The third-order valence-corrected chi connectivity index (χ3v) is 3.01. The van der Waals surface area contributed by atoms with Crippen molar-refractivity contribution in [3.8, 4) is 0 Å². The average Bonchev–Trinajstić information content (AvgIpc) is 2.40. The zero-order chi connectivity index (χ0) is 13.7. The predicted octanol–water partition coefficient (Wildman–Crippen LogP) is 2.23. The monoisotopic (exact) mass is 256 g/mol. The quantitative estimate of drug-likeness (QED) is 0.636. The summed E-state index contributed by atoms with van der Waals surface area (Å²) in [5.74, 6) is 6.32. The van der Waals surface area contributed by atoms with Gasteiger partial charge in [0, 0.05) is 18.0 Å². The molecule has 0 aliphatic carbocycles. The van der Waals surface area contributed by atoms with E-state index in [2.05, 4.69) is 53.5 Å². The fourth-order valence-corrected chi connectivity index (χ4v) is 2.22. The molecule has 0 aliphatic rings. The molecular formula is C15H20N4. The van der Waals surface area contributed by atoms with Gasteiger partial charge in [-0.15, -0.1) is 0 Å². The summed E-state index contributed by atoms with van der Waals surface area (Å²) in [6, 6.07) is 8.41. The summed E-state index contributed by atoms with van der Waals surface area (Å²) in [4.78, 5) is 8.09. The van der Waals surface area contributed by atoms with Gasteiger partial charge in [-0.2, -0.15) is 0 Å². The zero-order valence-electron chi connectivity index (χ0n) is 11.4. The number of nitrogens with two attached hydrogens (primary N) is 1. The van der Waals surface area contributed by atoms with Crippen LogP contribution in [0, 0.1) is 5.92 Å². The van der Waals surface area contributed by atoms with Crippen LogP contribution in [-0.2, 0) is 6.42 Å². The molecule has 0 bridgehead atoms. The topological polar surface area (TPSA) is 63.8 Å². The van der Waals surface area contributed by atoms with Crippen LogP contribution in [0.25, 0.3) is 0 Å². The van der Waals surface area contributed by atoms with E-state index in [0.717, 1.165) is 17.5 Å². The molecular weight excluding hydrogens is 236 g/mol. The summed E-state index contributed by atoms with van der Waals surface area (Å²) in [7, 11) is 0. The van der Waals surface area contributed by atoms with E-state index in [0.29, 0.717) is 5.92 Å². The normalized spacial score (nSPS) is 12.6. The van der Waals surface area contributed by atoms with Crippen molar-refractivity contribution in [2.24, 2.45) is 11.8 Å². The minimum Gasteiger partial charge on any atom is -0.271 e. The second-order valence-corrected chi connectivity index (χ2v) is 5.11. The summed E-state index contributed by atoms with van der Waals surface area (Å²) >= 11 is 0. The highest BCUT2D eigenvalue weighted by Gasteiger charge is 2.13. The Bertz CT molecular complexity index is 511. The van der Waals surface area contributed by atoms with Crippen LogP contribution < -0.4 is 11.3 Å². The Kier molecular flexibility index (Phi) is 4.60. The summed E-state index contributed by atoms with van der Waals surface area (Å²) in [5, 5.41) is 0. The van der Waals surface area contributed by atoms with Gasteiger partial charge in [0.2, 0.25) is 0 Å². The number of hydrogen-bond donors (Lipinski definition) is 2. The molecule has 100 valence electrons. The molecule has 0 spiro atoms. The van der Waals surface area contributed by atoms with E-state index in [-0.39, 0.29) is 6.04 Å². The third-order valence-electron chi connectivity index (χ3n) is 3.01. The molecule has 0 saturated heterocycles. The van der Waals surface area contributed by atoms with Gasteiger partial charge in [0.25, 0.3) is 0 Å². The highest BCUT2D eigenvalue weighted by Crippen LogP contribution is 2.21. The molecule has 4 heteroatoms. The van der Waals surface area contributed by atoms with Gasteiger partial charge in [-0.25, -0.2) is 15.4 Å². The van der Waals surface area contributed by atoms with E-state index in [1.165, 1.54) is 11.9 Å². The number of benzene rings is 1. The number of nitrogens with zero attached hydrogens (tertiary/aromatic N) is 2. The van der Waals surface area contributed by atoms with Crippen LogP contribution in [0.5, 0.6) is 0 Å². The van der Waals surface area contributed by atoms with Crippen LogP contribution in [0.4, 0.5) is 0 Å². The summed E-state index contributed by atoms with van der Waals surface area (Å²) in [6.45, 7) is 4.44. The summed E-state index contributed by atoms with van der Waals surface area (Å²) in [6.07, 6.45) is 6.15. The molecule has 0 radical (unpaired) electrons. The average molecular weight is 256 g/mol. The van der Waals surface area contributed by atoms with Crippen LogP contribution >= 0.6 is 0 Å². The maximum Gasteiger partial charge on any atom is 0.115 e. The lowest BCUT2D eigenvalue weighted by molar-refractivity contribution is 0.624. The van der Waals surface area contributed by atoms with Gasteiger partial charge < -0.3 is 0 Å². The minimum absolute atomic E-state index is 0.0756. The lowest BCUT2D eigenvalue weighted by Crippen LogP contribution is -2.29. The summed E-state index contributed by atoms with van der Waals surface area (Å²) < 4.78 is 0. The molecule has 1 aromatic heterocycles. The van der Waals surface area contributed by atoms with Crippen molar-refractivity contribution in [2.45, 2.75) is 26.3 Å². The maximum absolute atomic E-state index is 5.68. The molecule has 0 fully saturated rings. The van der Waals surface area contributed by atoms with Gasteiger partial charge in [0.15, 0.2) is 0 Å². The van der Waals surface area contributed by atoms with Crippen LogP contribution in [0.15, 0.2) is 43.0 Å². The smallest absolute Gasteiger partial charge is 0.115 e. The fourth-order valence-electron chi connectivity index (χ4n) is 2.22. The van der Waals surface area contributed by atoms with Gasteiger partial charge in [-0.3, -0.25) is 5.84 Å². The Morgan fingerprint density at radius 1 is 1.16 bits per heavy atom. The van der Waals surface area contributed by atoms with Crippen molar-refractivity contribution >= 4 is 0 Å². The van der Waals surface area contributed by atoms with Crippen molar-refractivity contribution in [2.75, 3.05) is 0 Å². The largest absolute Gasteiger partial charge is 0.271 e. The second-order valence-electron chi connectivity index (χ2n) is 5.11. The van der Waals surface area contributed by atoms with Gasteiger partial charge in [0.1, 0.15) is 6.33 Å². The Balaban J connectivity index is 2.28. The van der Waals surface area contributed by atoms with E-state index in [1.54, 1.807) is 12.4 Å². The summed E-state index contributed by atoms with van der Waals surface area (Å²) in [5.41, 5.74) is 6.26. The first-order chi connectivity index (χ1) is 9.20. The van der Waals surface area contributed by atoms with E-state index < -0.39 is 0 Å². The van der Waals surface area contributed by atoms with Crippen LogP contribution in [0.3, 0.4) is 0 Å². The molecule has 4 nitrogen and oxygen atoms in total. The van der Waals surface area contributed by atoms with Crippen molar-refractivity contribution in [1.82, 2.24) is 15.4 Å². The molecule has 2 aromatic rings. The molecule has 1 aromatic carbocycles. The molecule has 0 aliphatic heterocycles. The first-order valence-electron chi connectivity index (χ1n) is 6.50. The van der Waals surface area contributed by atoms with Crippen LogP contribution in [-0.4, -0.2) is 9.97 Å². The Morgan fingerprint density at radius 3 is 2.53 bits per heavy atom. The number of hydrazine groups is 1. The Morgan fingerprint density at radius 2 is 1.89 bits per heavy atom. The van der Waals surface area contributed by atoms with Gasteiger partial charge in [-0.05, 0) is 23.5 Å². The van der Waals surface area contributed by atoms with E-state index in [4.69, 9.17) is 5.84 Å². The standard InChI is InChI=1S/C15H20N4/c1-11(2)6-12-4-3-5-13(7-12)15(19-16)14-8-17-10-18-9-14/h3-5,7-11,15,19H,6,16H2,1-2H3. The third kappa shape index (κ3) is 3.59. The Hall–Kier alpha value is -1.78. The van der Waals surface area contributed by atoms with Gasteiger partial charge in [-0.1, -0.05) is 38.1 Å². The van der Waals surface area contributed by atoms with E-state index in [9.17, 15) is 0 Å². The minimum atomic E-state index is -0.0756. The predicted molar refractivity (Wildman–Crippen MR) is 76.2 cm³/mol. The number of nitrogens with one attached hydrogen (secondary N) is 1. The molecule has 1 heterocycles. The van der Waals surface area contributed by atoms with E-state index in [1.807, 2.05) is 0 Å². The second kappa shape index (κ2) is 6.41. The van der Waals surface area contributed by atoms with Crippen molar-refractivity contribution in [1.29, 1.82) is 0 Å². The fraction of sp³-hybridized carbons (Fsp3) is 0.333. The zero-order valence-corrected chi connectivity index (χ0v) is 11.4. The molecule has 1 unspecified atom stereocenters. The number of rotatable bonds is 5. The van der Waals surface area contributed by atoms with Crippen molar-refractivity contribution < 1.29 is 0 Å². The Labute approximate surface area is 114 Å². The first kappa shape index (κ1) is 13.6. The van der Waals surface area contributed by atoms with Gasteiger partial charge >= 0.3 is 0 Å². The van der Waals surface area contributed by atoms with Gasteiger partial charge in [0.05, 0.1) is 6.04 Å². The molecule has 1 atom stereocenters. The molecule has 0 amide bonds. The van der Waals surface area contributed by atoms with Crippen molar-refractivity contribution in [3.05, 3.63) is 59.7 Å². The SMILES string of the molecule is CC(C)Cc1cccc(C(NN)c2cncnc2)c1. The molecule has 2 rings (SSSR count). The van der Waals surface area contributed by atoms with Crippen LogP contribution in [0.2, 0.25) is 0 Å². The maximum atomic E-state index is 5.68. The number of hydrogen-bond acceptors (Lipinski definition) is 4. The first-order valence-corrected chi connectivity index (χ1v) is 6.50. The number of aromatic nitrogens is 2. The highest BCUT2D eigenvalue weighted by molar-refractivity contribution is 5.32. The highest BCUT2D eigenvalue weighted by atomic mass is 15.2. The molecule has 3 N–H and O–H groups in total. The molecule has 19 heavy (non-hydrogen) atoms. The lowest BCUT2D eigenvalue weighted by atomic mass is 9.96. The van der Waals surface area contributed by atoms with E-state index >= 15 is 0 Å². The molecule has 0 saturated carbocycles. The van der Waals surface area contributed by atoms with Crippen LogP contribution in [0.1, 0.15) is 36.6 Å². The lowest BCUT2D eigenvalue weighted by Gasteiger charge is -2.17. The van der Waals surface area contributed by atoms with Crippen molar-refractivity contribution in [3.63, 3.8) is 0 Å².